The molecule has 21 nitrogen and oxygen atoms in total. The van der Waals surface area contributed by atoms with Gasteiger partial charge >= 0.3 is 12.2 Å². The van der Waals surface area contributed by atoms with Crippen LogP contribution >= 0.6 is 0 Å². The highest BCUT2D eigenvalue weighted by Crippen LogP contribution is 2.39. The first-order chi connectivity index (χ1) is 30.4. The number of sulfonamides is 1. The Bertz CT molecular complexity index is 2290. The van der Waals surface area contributed by atoms with E-state index in [-0.39, 0.29) is 61.6 Å². The third kappa shape index (κ3) is 11.6. The van der Waals surface area contributed by atoms with E-state index in [9.17, 15) is 36.0 Å². The fraction of sp³-hybridized carbons (Fsp3) is 0.474. The number of piperazine rings is 1. The van der Waals surface area contributed by atoms with Gasteiger partial charge in [-0.1, -0.05) is 6.07 Å². The van der Waals surface area contributed by atoms with Crippen molar-refractivity contribution >= 4 is 45.5 Å². The van der Waals surface area contributed by atoms with Crippen LogP contribution in [0.5, 0.6) is 17.5 Å². The molecule has 4 heterocycles. The molecule has 3 amide bonds. The highest BCUT2D eigenvalue weighted by molar-refractivity contribution is 7.92. The Hall–Kier alpha value is -5.86. The molecule has 6 rings (SSSR count). The minimum Gasteiger partial charge on any atom is -0.491 e. The van der Waals surface area contributed by atoms with E-state index >= 15 is 0 Å². The van der Waals surface area contributed by atoms with Gasteiger partial charge in [-0.25, -0.2) is 13.1 Å². The lowest BCUT2D eigenvalue weighted by atomic mass is 10.1. The number of hydrogen-bond acceptors (Lipinski definition) is 17. The smallest absolute Gasteiger partial charge is 0.417 e. The molecule has 0 radical (unpaired) electrons. The monoisotopic (exact) mass is 909 g/mol. The number of benzene rings is 2. The van der Waals surface area contributed by atoms with Crippen LogP contribution in [0.25, 0.3) is 5.65 Å². The van der Waals surface area contributed by atoms with E-state index in [0.717, 1.165) is 61.5 Å². The molecule has 2 aliphatic rings. The topological polar surface area (TPSA) is 227 Å². The number of carbonyl (C=O) groups is 3. The first-order valence-electron chi connectivity index (χ1n) is 19.6. The number of hydrazine groups is 1. The SMILES string of the molecule is COc1cnc(OC)n2nc(NS(=O)(=O)c3c(OCCOCCOCCOCCOCCCN4CCN(c5ccc6c(c5)C(=O)N(NC=O)C6=O)CC4)cccc3C(F)(F)F)nc12. The minimum absolute atomic E-state index is 0.00376. The molecular formula is C38H46F3N9O12S. The van der Waals surface area contributed by atoms with Gasteiger partial charge in [0.2, 0.25) is 12.1 Å². The average molecular weight is 910 g/mol. The highest BCUT2D eigenvalue weighted by atomic mass is 32.2. The van der Waals surface area contributed by atoms with Crippen molar-refractivity contribution in [3.8, 4) is 17.5 Å². The van der Waals surface area contributed by atoms with Gasteiger partial charge in [0.05, 0.1) is 83.4 Å². The van der Waals surface area contributed by atoms with E-state index < -0.39 is 50.2 Å². The summed E-state index contributed by atoms with van der Waals surface area (Å²) < 4.78 is 110. The quantitative estimate of drug-likeness (QED) is 0.0550. The molecule has 2 aromatic heterocycles. The summed E-state index contributed by atoms with van der Waals surface area (Å²) in [4.78, 5) is 47.0. The van der Waals surface area contributed by atoms with Gasteiger partial charge < -0.3 is 38.1 Å². The molecule has 25 heteroatoms. The number of alkyl halides is 3. The zero-order valence-electron chi connectivity index (χ0n) is 34.3. The fourth-order valence-corrected chi connectivity index (χ4v) is 7.94. The van der Waals surface area contributed by atoms with Gasteiger partial charge in [-0.2, -0.15) is 32.7 Å². The number of nitrogens with one attached hydrogen (secondary N) is 2. The van der Waals surface area contributed by atoms with E-state index in [4.69, 9.17) is 33.2 Å². The van der Waals surface area contributed by atoms with Crippen molar-refractivity contribution < 1.29 is 69.1 Å². The van der Waals surface area contributed by atoms with Crippen LogP contribution in [0, 0.1) is 0 Å². The van der Waals surface area contributed by atoms with Crippen molar-refractivity contribution in [1.82, 2.24) is 34.9 Å². The van der Waals surface area contributed by atoms with Crippen molar-refractivity contribution in [2.24, 2.45) is 0 Å². The molecule has 0 bridgehead atoms. The predicted octanol–water partition coefficient (Wildman–Crippen LogP) is 1.88. The standard InChI is InChI=1S/C38H46F3N9O12S/c1-56-31-24-42-37(57-2)49-33(31)44-36(45-49)46-63(54,55)32-29(38(39,40)41)5-3-6-30(32)62-22-21-61-20-19-60-18-17-59-16-15-58-14-4-9-47-10-12-48(13-11-47)26-7-8-27-28(23-26)35(53)50(34(27)52)43-25-51/h3,5-8,23-25H,4,9-22H2,1-2H3,(H,43,51)(H,45,46). The third-order valence-electron chi connectivity index (χ3n) is 9.64. The van der Waals surface area contributed by atoms with Crippen LogP contribution in [-0.2, 0) is 39.9 Å². The Morgan fingerprint density at radius 1 is 0.810 bits per heavy atom. The second-order valence-electron chi connectivity index (χ2n) is 13.6. The summed E-state index contributed by atoms with van der Waals surface area (Å²) in [6.45, 7) is 5.98. The van der Waals surface area contributed by atoms with Gasteiger partial charge in [0, 0.05) is 45.0 Å². The van der Waals surface area contributed by atoms with Gasteiger partial charge in [-0.15, -0.1) is 5.10 Å². The van der Waals surface area contributed by atoms with Gasteiger partial charge in [0.15, 0.2) is 5.75 Å². The number of fused-ring (bicyclic) bond motifs is 2. The van der Waals surface area contributed by atoms with Crippen molar-refractivity contribution in [2.75, 3.05) is 116 Å². The van der Waals surface area contributed by atoms with Gasteiger partial charge in [-0.05, 0) is 36.8 Å². The highest BCUT2D eigenvalue weighted by Gasteiger charge is 2.40. The summed E-state index contributed by atoms with van der Waals surface area (Å²) >= 11 is 0. The summed E-state index contributed by atoms with van der Waals surface area (Å²) in [7, 11) is -2.37. The van der Waals surface area contributed by atoms with E-state index in [1.165, 1.54) is 20.4 Å². The van der Waals surface area contributed by atoms with Gasteiger partial charge in [0.1, 0.15) is 17.3 Å². The molecule has 63 heavy (non-hydrogen) atoms. The molecular weight excluding hydrogens is 864 g/mol. The number of aromatic nitrogens is 4. The number of nitrogens with zero attached hydrogens (tertiary/aromatic N) is 7. The van der Waals surface area contributed by atoms with E-state index in [2.05, 4.69) is 30.3 Å². The second-order valence-corrected chi connectivity index (χ2v) is 15.2. The Labute approximate surface area is 359 Å². The molecule has 2 aliphatic heterocycles. The van der Waals surface area contributed by atoms with E-state index in [0.29, 0.717) is 43.9 Å². The van der Waals surface area contributed by atoms with Crippen LogP contribution in [0.1, 0.15) is 32.7 Å². The fourth-order valence-electron chi connectivity index (χ4n) is 6.65. The molecule has 0 atom stereocenters. The van der Waals surface area contributed by atoms with E-state index in [1.54, 1.807) is 12.1 Å². The summed E-state index contributed by atoms with van der Waals surface area (Å²) in [5, 5.41) is 4.67. The number of amides is 3. The number of anilines is 2. The molecule has 2 aromatic carbocycles. The molecule has 0 aliphatic carbocycles. The van der Waals surface area contributed by atoms with Crippen LogP contribution in [0.3, 0.4) is 0 Å². The van der Waals surface area contributed by atoms with Gasteiger partial charge in [-0.3, -0.25) is 24.7 Å². The van der Waals surface area contributed by atoms with Crippen LogP contribution in [0.2, 0.25) is 0 Å². The molecule has 0 unspecified atom stereocenters. The molecule has 342 valence electrons. The van der Waals surface area contributed by atoms with Crippen LogP contribution in [0.4, 0.5) is 24.8 Å². The summed E-state index contributed by atoms with van der Waals surface area (Å²) in [5.74, 6) is -2.14. The van der Waals surface area contributed by atoms with Crippen molar-refractivity contribution in [3.63, 3.8) is 0 Å². The van der Waals surface area contributed by atoms with Gasteiger partial charge in [0.25, 0.3) is 27.8 Å². The Kier molecular flexibility index (Phi) is 15.9. The predicted molar refractivity (Wildman–Crippen MR) is 214 cm³/mol. The number of imide groups is 1. The zero-order valence-corrected chi connectivity index (χ0v) is 35.1. The number of hydrogen-bond donors (Lipinski definition) is 2. The average Bonchev–Trinajstić information content (AvgIpc) is 3.79. The van der Waals surface area contributed by atoms with Crippen LogP contribution < -0.4 is 29.3 Å². The molecule has 4 aromatic rings. The third-order valence-corrected chi connectivity index (χ3v) is 11.0. The zero-order chi connectivity index (χ0) is 45.0. The number of ether oxygens (including phenoxy) is 7. The molecule has 1 saturated heterocycles. The van der Waals surface area contributed by atoms with Crippen LogP contribution in [0.15, 0.2) is 47.5 Å². The first kappa shape index (κ1) is 46.6. The molecule has 0 saturated carbocycles. The lowest BCUT2D eigenvalue weighted by Crippen LogP contribution is -2.46. The Morgan fingerprint density at radius 2 is 1.46 bits per heavy atom. The maximum Gasteiger partial charge on any atom is 0.417 e. The van der Waals surface area contributed by atoms with E-state index in [1.807, 2.05) is 10.8 Å². The maximum absolute atomic E-state index is 14.0. The first-order valence-corrected chi connectivity index (χ1v) is 21.0. The maximum atomic E-state index is 14.0. The summed E-state index contributed by atoms with van der Waals surface area (Å²) in [6.07, 6.45) is -2.66. The lowest BCUT2D eigenvalue weighted by Gasteiger charge is -2.36. The minimum atomic E-state index is -5.05. The number of halogens is 3. The summed E-state index contributed by atoms with van der Waals surface area (Å²) in [6, 6.07) is 7.77. The Morgan fingerprint density at radius 3 is 2.10 bits per heavy atom. The Balaban J connectivity index is 0.812. The largest absolute Gasteiger partial charge is 0.491 e. The summed E-state index contributed by atoms with van der Waals surface area (Å²) in [5.41, 5.74) is 2.04. The number of methoxy groups -OCH3 is 2. The molecule has 2 N–H and O–H groups in total. The molecule has 0 spiro atoms. The lowest BCUT2D eigenvalue weighted by molar-refractivity contribution is -0.140. The van der Waals surface area contributed by atoms with Crippen LogP contribution in [-0.4, -0.2) is 163 Å². The number of carbonyl (C=O) groups excluding carboxylic acids is 3. The van der Waals surface area contributed by atoms with Crippen molar-refractivity contribution in [3.05, 3.63) is 59.3 Å². The number of rotatable bonds is 25. The van der Waals surface area contributed by atoms with Crippen molar-refractivity contribution in [2.45, 2.75) is 17.5 Å². The second kappa shape index (κ2) is 21.5. The normalized spacial score (nSPS) is 14.6. The molecule has 1 fully saturated rings. The van der Waals surface area contributed by atoms with Crippen molar-refractivity contribution in [1.29, 1.82) is 0 Å².